The first-order chi connectivity index (χ1) is 14.4. The van der Waals surface area contributed by atoms with Crippen molar-refractivity contribution in [1.82, 2.24) is 0 Å². The largest absolute Gasteiger partial charge is 0.0619 e. The molecular weight excluding hydrogens is 360 g/mol. The first-order valence-electron chi connectivity index (χ1n) is 10.9. The number of fused-ring (bicyclic) bond motifs is 6. The molecule has 2 aliphatic rings. The van der Waals surface area contributed by atoms with Crippen molar-refractivity contribution in [3.8, 4) is 33.4 Å². The Morgan fingerprint density at radius 1 is 0.400 bits per heavy atom. The highest BCUT2D eigenvalue weighted by molar-refractivity contribution is 5.86. The van der Waals surface area contributed by atoms with Gasteiger partial charge in [-0.05, 0) is 67.8 Å². The first kappa shape index (κ1) is 17.7. The zero-order chi connectivity index (χ0) is 20.7. The molecule has 0 radical (unpaired) electrons. The second kappa shape index (κ2) is 5.73. The molecule has 4 aromatic rings. The lowest BCUT2D eigenvalue weighted by atomic mass is 9.80. The lowest BCUT2D eigenvalue weighted by Gasteiger charge is -2.23. The predicted octanol–water partition coefficient (Wildman–Crippen LogP) is 7.97. The van der Waals surface area contributed by atoms with E-state index in [1.165, 1.54) is 55.6 Å². The normalized spacial score (nSPS) is 16.5. The van der Waals surface area contributed by atoms with Gasteiger partial charge in [-0.15, -0.1) is 0 Å². The summed E-state index contributed by atoms with van der Waals surface area (Å²) in [5.74, 6) is 0. The Morgan fingerprint density at radius 3 is 1.20 bits per heavy atom. The van der Waals surface area contributed by atoms with Gasteiger partial charge in [-0.3, -0.25) is 0 Å². The molecule has 0 N–H and O–H groups in total. The van der Waals surface area contributed by atoms with Crippen LogP contribution in [0.5, 0.6) is 0 Å². The molecule has 146 valence electrons. The fraction of sp³-hybridized carbons (Fsp3) is 0.200. The van der Waals surface area contributed by atoms with E-state index in [-0.39, 0.29) is 10.8 Å². The zero-order valence-corrected chi connectivity index (χ0v) is 18.1. The smallest absolute Gasteiger partial charge is 0.0159 e. The molecule has 0 atom stereocenters. The minimum Gasteiger partial charge on any atom is -0.0619 e. The van der Waals surface area contributed by atoms with Crippen LogP contribution in [0.2, 0.25) is 0 Å². The van der Waals surface area contributed by atoms with Crippen LogP contribution in [0.15, 0.2) is 84.9 Å². The topological polar surface area (TPSA) is 0 Å². The Kier molecular flexibility index (Phi) is 3.38. The molecule has 4 aromatic carbocycles. The van der Waals surface area contributed by atoms with Crippen molar-refractivity contribution in [2.75, 3.05) is 0 Å². The Hall–Kier alpha value is -3.12. The van der Waals surface area contributed by atoms with Crippen LogP contribution < -0.4 is 0 Å². The molecule has 2 aliphatic carbocycles. The molecule has 0 heterocycles. The summed E-state index contributed by atoms with van der Waals surface area (Å²) in [6, 6.07) is 31.8. The van der Waals surface area contributed by atoms with Crippen LogP contribution >= 0.6 is 0 Å². The van der Waals surface area contributed by atoms with Gasteiger partial charge in [-0.1, -0.05) is 100 Å². The molecule has 0 aliphatic heterocycles. The lowest BCUT2D eigenvalue weighted by molar-refractivity contribution is 0.659. The molecular formula is C30H26. The first-order valence-corrected chi connectivity index (χ1v) is 10.9. The number of rotatable bonds is 1. The van der Waals surface area contributed by atoms with Gasteiger partial charge in [0.15, 0.2) is 0 Å². The molecule has 0 aromatic heterocycles. The predicted molar refractivity (Wildman–Crippen MR) is 127 cm³/mol. The third-order valence-corrected chi connectivity index (χ3v) is 7.50. The van der Waals surface area contributed by atoms with Crippen molar-refractivity contribution in [3.05, 3.63) is 107 Å². The fourth-order valence-corrected chi connectivity index (χ4v) is 5.77. The lowest BCUT2D eigenvalue weighted by Crippen LogP contribution is -2.15. The van der Waals surface area contributed by atoms with E-state index in [1.54, 1.807) is 0 Å². The summed E-state index contributed by atoms with van der Waals surface area (Å²) >= 11 is 0. The summed E-state index contributed by atoms with van der Waals surface area (Å²) in [4.78, 5) is 0. The van der Waals surface area contributed by atoms with E-state index in [4.69, 9.17) is 0 Å². The van der Waals surface area contributed by atoms with E-state index < -0.39 is 0 Å². The van der Waals surface area contributed by atoms with Gasteiger partial charge < -0.3 is 0 Å². The molecule has 0 amide bonds. The van der Waals surface area contributed by atoms with Crippen molar-refractivity contribution in [3.63, 3.8) is 0 Å². The van der Waals surface area contributed by atoms with Crippen LogP contribution in [0.4, 0.5) is 0 Å². The number of hydrogen-bond donors (Lipinski definition) is 0. The Balaban J connectivity index is 1.51. The maximum atomic E-state index is 2.42. The molecule has 6 rings (SSSR count). The van der Waals surface area contributed by atoms with Gasteiger partial charge in [0.05, 0.1) is 0 Å². The monoisotopic (exact) mass is 386 g/mol. The Bertz CT molecular complexity index is 1230. The summed E-state index contributed by atoms with van der Waals surface area (Å²) in [5, 5.41) is 0. The maximum absolute atomic E-state index is 2.42. The maximum Gasteiger partial charge on any atom is 0.0159 e. The Morgan fingerprint density at radius 2 is 0.767 bits per heavy atom. The van der Waals surface area contributed by atoms with Crippen LogP contribution in [-0.4, -0.2) is 0 Å². The van der Waals surface area contributed by atoms with Gasteiger partial charge in [0.25, 0.3) is 0 Å². The fourth-order valence-electron chi connectivity index (χ4n) is 5.77. The SMILES string of the molecule is CC1(C)c2ccccc2-c2ccc(-c3ccc4c(c3)C(C)(C)c3ccccc3-4)cc21. The molecule has 0 spiro atoms. The quantitative estimate of drug-likeness (QED) is 0.311. The van der Waals surface area contributed by atoms with Crippen molar-refractivity contribution in [2.24, 2.45) is 0 Å². The second-order valence-electron chi connectivity index (χ2n) is 9.86. The van der Waals surface area contributed by atoms with Crippen LogP contribution in [0.25, 0.3) is 33.4 Å². The van der Waals surface area contributed by atoms with Gasteiger partial charge >= 0.3 is 0 Å². The van der Waals surface area contributed by atoms with Crippen LogP contribution in [0, 0.1) is 0 Å². The second-order valence-corrected chi connectivity index (χ2v) is 9.86. The Labute approximate surface area is 179 Å². The molecule has 0 bridgehead atoms. The van der Waals surface area contributed by atoms with Gasteiger partial charge in [-0.25, -0.2) is 0 Å². The van der Waals surface area contributed by atoms with E-state index in [9.17, 15) is 0 Å². The van der Waals surface area contributed by atoms with Crippen LogP contribution in [0.1, 0.15) is 49.9 Å². The van der Waals surface area contributed by atoms with Crippen molar-refractivity contribution < 1.29 is 0 Å². The van der Waals surface area contributed by atoms with Crippen LogP contribution in [0.3, 0.4) is 0 Å². The molecule has 0 saturated carbocycles. The van der Waals surface area contributed by atoms with Crippen LogP contribution in [-0.2, 0) is 10.8 Å². The molecule has 0 saturated heterocycles. The van der Waals surface area contributed by atoms with Crippen molar-refractivity contribution >= 4 is 0 Å². The third kappa shape index (κ3) is 2.17. The molecule has 0 unspecified atom stereocenters. The highest BCUT2D eigenvalue weighted by atomic mass is 14.4. The zero-order valence-electron chi connectivity index (χ0n) is 18.1. The van der Waals surface area contributed by atoms with Gasteiger partial charge in [-0.2, -0.15) is 0 Å². The minimum atomic E-state index is 0.0359. The molecule has 0 fully saturated rings. The standard InChI is InChI=1S/C30H26/c1-29(2)25-11-7-5-9-21(25)23-15-13-19(17-27(23)29)20-14-16-24-22-10-6-8-12-26(22)30(3,4)28(24)18-20/h5-18H,1-4H3. The summed E-state index contributed by atoms with van der Waals surface area (Å²) in [6.07, 6.45) is 0. The van der Waals surface area contributed by atoms with E-state index >= 15 is 0 Å². The third-order valence-electron chi connectivity index (χ3n) is 7.50. The minimum absolute atomic E-state index is 0.0359. The number of benzene rings is 4. The average molecular weight is 387 g/mol. The van der Waals surface area contributed by atoms with E-state index in [1.807, 2.05) is 0 Å². The van der Waals surface area contributed by atoms with E-state index in [0.29, 0.717) is 0 Å². The molecule has 30 heavy (non-hydrogen) atoms. The molecule has 0 nitrogen and oxygen atoms in total. The average Bonchev–Trinajstić information content (AvgIpc) is 3.14. The van der Waals surface area contributed by atoms with Crippen molar-refractivity contribution in [2.45, 2.75) is 38.5 Å². The summed E-state index contributed by atoms with van der Waals surface area (Å²) in [7, 11) is 0. The summed E-state index contributed by atoms with van der Waals surface area (Å²) < 4.78 is 0. The van der Waals surface area contributed by atoms with Gasteiger partial charge in [0.2, 0.25) is 0 Å². The highest BCUT2D eigenvalue weighted by Gasteiger charge is 2.37. The summed E-state index contributed by atoms with van der Waals surface area (Å²) in [5.41, 5.74) is 14.0. The van der Waals surface area contributed by atoms with Crippen molar-refractivity contribution in [1.29, 1.82) is 0 Å². The van der Waals surface area contributed by atoms with E-state index in [0.717, 1.165) is 0 Å². The van der Waals surface area contributed by atoms with E-state index in [2.05, 4.69) is 113 Å². The summed E-state index contributed by atoms with van der Waals surface area (Å²) in [6.45, 7) is 9.40. The van der Waals surface area contributed by atoms with Gasteiger partial charge in [0.1, 0.15) is 0 Å². The number of hydrogen-bond acceptors (Lipinski definition) is 0. The highest BCUT2D eigenvalue weighted by Crippen LogP contribution is 2.51. The van der Waals surface area contributed by atoms with Gasteiger partial charge in [0, 0.05) is 10.8 Å². The molecule has 0 heteroatoms.